The molecule has 2 rings (SSSR count). The van der Waals surface area contributed by atoms with Gasteiger partial charge < -0.3 is 15.8 Å². The number of nitrogens with two attached hydrogens (primary N) is 1. The highest BCUT2D eigenvalue weighted by Gasteiger charge is 2.06. The fourth-order valence-corrected chi connectivity index (χ4v) is 2.27. The Kier molecular flexibility index (Phi) is 3.84. The van der Waals surface area contributed by atoms with Crippen LogP contribution in [0.4, 0.5) is 11.4 Å². The van der Waals surface area contributed by atoms with E-state index in [1.807, 2.05) is 17.5 Å². The van der Waals surface area contributed by atoms with E-state index in [1.165, 1.54) is 0 Å². The van der Waals surface area contributed by atoms with Gasteiger partial charge in [0.1, 0.15) is 5.75 Å². The Morgan fingerprint density at radius 3 is 2.94 bits per heavy atom. The van der Waals surface area contributed by atoms with Crippen molar-refractivity contribution in [2.45, 2.75) is 6.42 Å². The Hall–Kier alpha value is -2.01. The van der Waals surface area contributed by atoms with Crippen LogP contribution in [0.1, 0.15) is 4.88 Å². The first-order valence-corrected chi connectivity index (χ1v) is 6.33. The molecule has 1 amide bonds. The molecule has 0 spiro atoms. The van der Waals surface area contributed by atoms with Crippen molar-refractivity contribution < 1.29 is 9.53 Å². The molecule has 0 saturated heterocycles. The van der Waals surface area contributed by atoms with Crippen molar-refractivity contribution >= 4 is 28.6 Å². The molecule has 2 aromatic rings. The predicted octanol–water partition coefficient (Wildman–Crippen LogP) is 2.52. The minimum absolute atomic E-state index is 0.0516. The van der Waals surface area contributed by atoms with Gasteiger partial charge in [-0.1, -0.05) is 6.07 Å². The number of hydrogen-bond acceptors (Lipinski definition) is 4. The average Bonchev–Trinajstić information content (AvgIpc) is 2.84. The number of benzene rings is 1. The maximum Gasteiger partial charge on any atom is 0.229 e. The van der Waals surface area contributed by atoms with Gasteiger partial charge in [-0.25, -0.2) is 0 Å². The number of ether oxygens (including phenoxy) is 1. The van der Waals surface area contributed by atoms with Gasteiger partial charge in [-0.15, -0.1) is 11.3 Å². The van der Waals surface area contributed by atoms with Gasteiger partial charge in [-0.3, -0.25) is 4.79 Å². The first-order chi connectivity index (χ1) is 8.69. The lowest BCUT2D eigenvalue weighted by Crippen LogP contribution is -2.13. The van der Waals surface area contributed by atoms with E-state index in [1.54, 1.807) is 36.6 Å². The highest BCUT2D eigenvalue weighted by Crippen LogP contribution is 2.25. The summed E-state index contributed by atoms with van der Waals surface area (Å²) in [5.74, 6) is 0.508. The van der Waals surface area contributed by atoms with E-state index in [4.69, 9.17) is 10.5 Å². The number of methoxy groups -OCH3 is 1. The molecule has 0 saturated carbocycles. The molecular weight excluding hydrogens is 248 g/mol. The van der Waals surface area contributed by atoms with Gasteiger partial charge in [0.25, 0.3) is 0 Å². The van der Waals surface area contributed by atoms with Crippen LogP contribution in [0.25, 0.3) is 0 Å². The van der Waals surface area contributed by atoms with Crippen LogP contribution in [0.3, 0.4) is 0 Å². The molecule has 0 aliphatic carbocycles. The Bertz CT molecular complexity index is 538. The van der Waals surface area contributed by atoms with Gasteiger partial charge in [0.15, 0.2) is 0 Å². The van der Waals surface area contributed by atoms with Crippen LogP contribution in [0.2, 0.25) is 0 Å². The maximum atomic E-state index is 11.8. The van der Waals surface area contributed by atoms with Crippen molar-refractivity contribution in [2.75, 3.05) is 18.2 Å². The van der Waals surface area contributed by atoms with Crippen molar-refractivity contribution in [3.05, 3.63) is 40.6 Å². The molecular formula is C13H14N2O2S. The zero-order chi connectivity index (χ0) is 13.0. The molecule has 5 heteroatoms. The molecule has 0 bridgehead atoms. The van der Waals surface area contributed by atoms with Gasteiger partial charge in [-0.2, -0.15) is 0 Å². The molecule has 1 heterocycles. The molecule has 0 unspecified atom stereocenters. The summed E-state index contributed by atoms with van der Waals surface area (Å²) < 4.78 is 5.10. The summed E-state index contributed by atoms with van der Waals surface area (Å²) in [5, 5.41) is 4.77. The number of rotatable bonds is 4. The Morgan fingerprint density at radius 2 is 2.28 bits per heavy atom. The second-order valence-electron chi connectivity index (χ2n) is 3.76. The minimum atomic E-state index is -0.0516. The molecule has 94 valence electrons. The quantitative estimate of drug-likeness (QED) is 0.832. The molecule has 3 N–H and O–H groups in total. The van der Waals surface area contributed by atoms with Gasteiger partial charge >= 0.3 is 0 Å². The van der Waals surface area contributed by atoms with E-state index in [0.29, 0.717) is 23.5 Å². The number of nitrogen functional groups attached to an aromatic ring is 1. The first kappa shape index (κ1) is 12.4. The fourth-order valence-electron chi connectivity index (χ4n) is 1.57. The number of thiophene rings is 1. The molecule has 1 aromatic carbocycles. The Balaban J connectivity index is 2.03. The van der Waals surface area contributed by atoms with Crippen LogP contribution in [-0.4, -0.2) is 13.0 Å². The van der Waals surface area contributed by atoms with Gasteiger partial charge in [0.05, 0.1) is 19.2 Å². The smallest absolute Gasteiger partial charge is 0.229 e. The topological polar surface area (TPSA) is 64.3 Å². The number of nitrogens with one attached hydrogen (secondary N) is 1. The first-order valence-electron chi connectivity index (χ1n) is 5.45. The van der Waals surface area contributed by atoms with Crippen molar-refractivity contribution in [1.29, 1.82) is 0 Å². The SMILES string of the molecule is COc1cc(NC(=O)Cc2cccs2)ccc1N. The number of carbonyl (C=O) groups excluding carboxylic acids is 1. The highest BCUT2D eigenvalue weighted by molar-refractivity contribution is 7.10. The second kappa shape index (κ2) is 5.55. The molecule has 0 aliphatic rings. The molecule has 4 nitrogen and oxygen atoms in total. The standard InChI is InChI=1S/C13H14N2O2S/c1-17-12-7-9(4-5-11(12)14)15-13(16)8-10-3-2-6-18-10/h2-7H,8,14H2,1H3,(H,15,16). The van der Waals surface area contributed by atoms with Crippen LogP contribution in [0.15, 0.2) is 35.7 Å². The van der Waals surface area contributed by atoms with E-state index in [0.717, 1.165) is 4.88 Å². The molecule has 0 aliphatic heterocycles. The number of anilines is 2. The van der Waals surface area contributed by atoms with Crippen LogP contribution >= 0.6 is 11.3 Å². The third-order valence-corrected chi connectivity index (χ3v) is 3.31. The lowest BCUT2D eigenvalue weighted by molar-refractivity contribution is -0.115. The minimum Gasteiger partial charge on any atom is -0.495 e. The zero-order valence-corrected chi connectivity index (χ0v) is 10.8. The van der Waals surface area contributed by atoms with Crippen molar-refractivity contribution in [3.63, 3.8) is 0 Å². The third kappa shape index (κ3) is 3.01. The number of amides is 1. The second-order valence-corrected chi connectivity index (χ2v) is 4.79. The highest BCUT2D eigenvalue weighted by atomic mass is 32.1. The van der Waals surface area contributed by atoms with Gasteiger partial charge in [0.2, 0.25) is 5.91 Å². The molecule has 1 aromatic heterocycles. The molecule has 0 radical (unpaired) electrons. The third-order valence-electron chi connectivity index (χ3n) is 2.43. The lowest BCUT2D eigenvalue weighted by atomic mass is 10.2. The van der Waals surface area contributed by atoms with Gasteiger partial charge in [0, 0.05) is 16.6 Å². The lowest BCUT2D eigenvalue weighted by Gasteiger charge is -2.08. The maximum absolute atomic E-state index is 11.8. The normalized spacial score (nSPS) is 10.1. The monoisotopic (exact) mass is 262 g/mol. The largest absolute Gasteiger partial charge is 0.495 e. The summed E-state index contributed by atoms with van der Waals surface area (Å²) in [7, 11) is 1.54. The summed E-state index contributed by atoms with van der Waals surface area (Å²) in [6.07, 6.45) is 0.379. The van der Waals surface area contributed by atoms with E-state index < -0.39 is 0 Å². The van der Waals surface area contributed by atoms with E-state index >= 15 is 0 Å². The molecule has 0 fully saturated rings. The predicted molar refractivity (Wildman–Crippen MR) is 74.1 cm³/mol. The van der Waals surface area contributed by atoms with Crippen LogP contribution < -0.4 is 15.8 Å². The number of carbonyl (C=O) groups is 1. The average molecular weight is 262 g/mol. The van der Waals surface area contributed by atoms with Crippen LogP contribution in [0.5, 0.6) is 5.75 Å². The fraction of sp³-hybridized carbons (Fsp3) is 0.154. The zero-order valence-electron chi connectivity index (χ0n) is 9.97. The summed E-state index contributed by atoms with van der Waals surface area (Å²) in [6.45, 7) is 0. The Morgan fingerprint density at radius 1 is 1.44 bits per heavy atom. The summed E-state index contributed by atoms with van der Waals surface area (Å²) >= 11 is 1.57. The van der Waals surface area contributed by atoms with E-state index in [2.05, 4.69) is 5.32 Å². The summed E-state index contributed by atoms with van der Waals surface area (Å²) in [5.41, 5.74) is 6.94. The molecule has 0 atom stereocenters. The summed E-state index contributed by atoms with van der Waals surface area (Å²) in [4.78, 5) is 12.8. The number of hydrogen-bond donors (Lipinski definition) is 2. The molecule has 18 heavy (non-hydrogen) atoms. The summed E-state index contributed by atoms with van der Waals surface area (Å²) in [6, 6.07) is 9.04. The van der Waals surface area contributed by atoms with Crippen LogP contribution in [0, 0.1) is 0 Å². The van der Waals surface area contributed by atoms with Gasteiger partial charge in [-0.05, 0) is 23.6 Å². The van der Waals surface area contributed by atoms with E-state index in [9.17, 15) is 4.79 Å². The van der Waals surface area contributed by atoms with Crippen LogP contribution in [-0.2, 0) is 11.2 Å². The van der Waals surface area contributed by atoms with Crippen molar-refractivity contribution in [1.82, 2.24) is 0 Å². The van der Waals surface area contributed by atoms with Crippen molar-refractivity contribution in [2.24, 2.45) is 0 Å². The van der Waals surface area contributed by atoms with Crippen molar-refractivity contribution in [3.8, 4) is 5.75 Å². The van der Waals surface area contributed by atoms with E-state index in [-0.39, 0.29) is 5.91 Å². The Labute approximate surface area is 109 Å².